The Morgan fingerprint density at radius 2 is 1.77 bits per heavy atom. The lowest BCUT2D eigenvalue weighted by molar-refractivity contribution is -0.0962. The lowest BCUT2D eigenvalue weighted by atomic mass is 10.00. The van der Waals surface area contributed by atoms with Crippen molar-refractivity contribution in [2.45, 2.75) is 36.8 Å². The molecule has 31 heavy (non-hydrogen) atoms. The standard InChI is InChI=1S/C23H21BrF2N2O3/c1-21(2,3)31-20(29)28-17-12-8-7-11-16(17)13-18(28)22(23(24,25)26)14-27-19(30-22)15-9-5-4-6-10-15/h4-13H,14H2,1-3H3/t22-/m0/s1. The zero-order valence-electron chi connectivity index (χ0n) is 17.2. The van der Waals surface area contributed by atoms with Crippen molar-refractivity contribution in [2.75, 3.05) is 6.54 Å². The normalized spacial score (nSPS) is 19.2. The van der Waals surface area contributed by atoms with E-state index in [2.05, 4.69) is 20.9 Å². The maximum atomic E-state index is 15.1. The van der Waals surface area contributed by atoms with Crippen molar-refractivity contribution < 1.29 is 23.0 Å². The zero-order chi connectivity index (χ0) is 22.4. The molecule has 0 fully saturated rings. The molecule has 2 aromatic carbocycles. The molecule has 0 radical (unpaired) electrons. The molecular formula is C23H21BrF2N2O3. The van der Waals surface area contributed by atoms with E-state index >= 15 is 8.78 Å². The summed E-state index contributed by atoms with van der Waals surface area (Å²) in [6.07, 6.45) is -0.767. The summed E-state index contributed by atoms with van der Waals surface area (Å²) in [7, 11) is 0. The lowest BCUT2D eigenvalue weighted by Crippen LogP contribution is -2.47. The van der Waals surface area contributed by atoms with Crippen molar-refractivity contribution in [1.29, 1.82) is 0 Å². The van der Waals surface area contributed by atoms with Crippen molar-refractivity contribution >= 4 is 38.8 Å². The highest BCUT2D eigenvalue weighted by atomic mass is 79.9. The molecular weight excluding hydrogens is 470 g/mol. The third-order valence-electron chi connectivity index (χ3n) is 4.90. The van der Waals surface area contributed by atoms with Gasteiger partial charge in [0.25, 0.3) is 0 Å². The highest BCUT2D eigenvalue weighted by molar-refractivity contribution is 9.10. The van der Waals surface area contributed by atoms with Crippen LogP contribution in [0.15, 0.2) is 65.7 Å². The molecule has 0 N–H and O–H groups in total. The molecule has 162 valence electrons. The van der Waals surface area contributed by atoms with Gasteiger partial charge >= 0.3 is 10.9 Å². The number of halogens is 3. The number of aromatic nitrogens is 1. The fourth-order valence-corrected chi connectivity index (χ4v) is 3.94. The van der Waals surface area contributed by atoms with E-state index in [9.17, 15) is 4.79 Å². The summed E-state index contributed by atoms with van der Waals surface area (Å²) in [6, 6.07) is 17.2. The fourth-order valence-electron chi connectivity index (χ4n) is 3.53. The molecule has 1 aliphatic rings. The van der Waals surface area contributed by atoms with Crippen LogP contribution in [-0.4, -0.2) is 33.5 Å². The van der Waals surface area contributed by atoms with E-state index in [4.69, 9.17) is 9.47 Å². The van der Waals surface area contributed by atoms with Crippen LogP contribution in [0, 0.1) is 0 Å². The predicted octanol–water partition coefficient (Wildman–Crippen LogP) is 6.08. The third-order valence-corrected chi connectivity index (χ3v) is 5.54. The van der Waals surface area contributed by atoms with E-state index in [0.29, 0.717) is 16.5 Å². The van der Waals surface area contributed by atoms with E-state index in [-0.39, 0.29) is 18.1 Å². The second kappa shape index (κ2) is 7.44. The van der Waals surface area contributed by atoms with Gasteiger partial charge in [-0.25, -0.2) is 14.4 Å². The van der Waals surface area contributed by atoms with Crippen LogP contribution in [-0.2, 0) is 15.1 Å². The lowest BCUT2D eigenvalue weighted by Gasteiger charge is -2.33. The Labute approximate surface area is 186 Å². The molecule has 2 heterocycles. The quantitative estimate of drug-likeness (QED) is 0.417. The maximum absolute atomic E-state index is 15.1. The van der Waals surface area contributed by atoms with Crippen LogP contribution in [0.3, 0.4) is 0 Å². The van der Waals surface area contributed by atoms with E-state index < -0.39 is 22.1 Å². The minimum Gasteiger partial charge on any atom is -0.455 e. The molecule has 1 aliphatic heterocycles. The molecule has 8 heteroatoms. The highest BCUT2D eigenvalue weighted by Gasteiger charge is 2.61. The number of alkyl halides is 3. The number of rotatable bonds is 3. The molecule has 0 saturated carbocycles. The van der Waals surface area contributed by atoms with Crippen molar-refractivity contribution in [3.63, 3.8) is 0 Å². The van der Waals surface area contributed by atoms with E-state index in [1.165, 1.54) is 6.07 Å². The van der Waals surface area contributed by atoms with Gasteiger partial charge < -0.3 is 9.47 Å². The Morgan fingerprint density at radius 3 is 2.42 bits per heavy atom. The smallest absolute Gasteiger partial charge is 0.419 e. The minimum atomic E-state index is -3.53. The third kappa shape index (κ3) is 3.84. The minimum absolute atomic E-state index is 0.0421. The summed E-state index contributed by atoms with van der Waals surface area (Å²) in [5.74, 6) is 0.0840. The van der Waals surface area contributed by atoms with E-state index in [1.54, 1.807) is 69.3 Å². The van der Waals surface area contributed by atoms with Crippen molar-refractivity contribution in [3.05, 3.63) is 71.9 Å². The number of fused-ring (bicyclic) bond motifs is 1. The molecule has 0 unspecified atom stereocenters. The van der Waals surface area contributed by atoms with Gasteiger partial charge in [0.05, 0.1) is 17.8 Å². The monoisotopic (exact) mass is 490 g/mol. The van der Waals surface area contributed by atoms with Gasteiger partial charge in [-0.3, -0.25) is 0 Å². The largest absolute Gasteiger partial charge is 0.455 e. The number of ether oxygens (including phenoxy) is 2. The topological polar surface area (TPSA) is 52.8 Å². The first kappa shape index (κ1) is 21.5. The molecule has 0 bridgehead atoms. The molecule has 0 saturated heterocycles. The van der Waals surface area contributed by atoms with Gasteiger partial charge in [-0.05, 0) is 61.0 Å². The summed E-state index contributed by atoms with van der Waals surface area (Å²) in [5.41, 5.74) is -2.08. The number of carbonyl (C=O) groups is 1. The number of hydrogen-bond acceptors (Lipinski definition) is 4. The van der Waals surface area contributed by atoms with Crippen LogP contribution in [0.5, 0.6) is 0 Å². The zero-order valence-corrected chi connectivity index (χ0v) is 18.8. The first-order chi connectivity index (χ1) is 14.5. The average molecular weight is 491 g/mol. The van der Waals surface area contributed by atoms with Crippen molar-refractivity contribution in [1.82, 2.24) is 4.57 Å². The average Bonchev–Trinajstić information content (AvgIpc) is 3.30. The SMILES string of the molecule is CC(C)(C)OC(=O)n1c([C@]2(C(F)(F)Br)CN=C(c3ccccc3)O2)cc2ccccc21. The molecule has 4 rings (SSSR count). The van der Waals surface area contributed by atoms with Gasteiger partial charge in [0, 0.05) is 10.9 Å². The number of hydrogen-bond donors (Lipinski definition) is 0. The number of carbonyl (C=O) groups excluding carboxylic acids is 1. The predicted molar refractivity (Wildman–Crippen MR) is 118 cm³/mol. The number of benzene rings is 2. The highest BCUT2D eigenvalue weighted by Crippen LogP contribution is 2.49. The van der Waals surface area contributed by atoms with Crippen LogP contribution in [0.25, 0.3) is 10.9 Å². The van der Waals surface area contributed by atoms with Gasteiger partial charge in [-0.1, -0.05) is 36.4 Å². The fraction of sp³-hybridized carbons (Fsp3) is 0.304. The van der Waals surface area contributed by atoms with E-state index in [0.717, 1.165) is 4.57 Å². The first-order valence-corrected chi connectivity index (χ1v) is 10.5. The Bertz CT molecular complexity index is 1160. The molecule has 0 aliphatic carbocycles. The van der Waals surface area contributed by atoms with Gasteiger partial charge in [0.2, 0.25) is 11.5 Å². The van der Waals surface area contributed by atoms with Crippen LogP contribution in [0.2, 0.25) is 0 Å². The summed E-state index contributed by atoms with van der Waals surface area (Å²) in [4.78, 5) is 13.9. The summed E-state index contributed by atoms with van der Waals surface area (Å²) >= 11 is 2.50. The van der Waals surface area contributed by atoms with Crippen LogP contribution < -0.4 is 0 Å². The molecule has 5 nitrogen and oxygen atoms in total. The Hall–Kier alpha value is -2.74. The second-order valence-electron chi connectivity index (χ2n) is 8.32. The molecule has 0 spiro atoms. The van der Waals surface area contributed by atoms with E-state index in [1.807, 2.05) is 6.07 Å². The van der Waals surface area contributed by atoms with Crippen molar-refractivity contribution in [2.24, 2.45) is 4.99 Å². The molecule has 0 amide bonds. The van der Waals surface area contributed by atoms with Gasteiger partial charge in [-0.2, -0.15) is 8.78 Å². The van der Waals surface area contributed by atoms with Gasteiger partial charge in [0.15, 0.2) is 0 Å². The molecule has 1 atom stereocenters. The van der Waals surface area contributed by atoms with Crippen LogP contribution in [0.1, 0.15) is 32.0 Å². The number of para-hydroxylation sites is 1. The molecule has 1 aromatic heterocycles. The van der Waals surface area contributed by atoms with Crippen LogP contribution in [0.4, 0.5) is 13.6 Å². The number of aliphatic imine (C=N–C) groups is 1. The van der Waals surface area contributed by atoms with Gasteiger partial charge in [0.1, 0.15) is 5.60 Å². The summed E-state index contributed by atoms with van der Waals surface area (Å²) < 4.78 is 42.8. The summed E-state index contributed by atoms with van der Waals surface area (Å²) in [6.45, 7) is 4.77. The summed E-state index contributed by atoms with van der Waals surface area (Å²) in [5, 5.41) is 0.608. The number of nitrogens with zero attached hydrogens (tertiary/aromatic N) is 2. The molecule has 3 aromatic rings. The Balaban J connectivity index is 1.89. The van der Waals surface area contributed by atoms with Crippen LogP contribution >= 0.6 is 15.9 Å². The van der Waals surface area contributed by atoms with Gasteiger partial charge in [-0.15, -0.1) is 0 Å². The van der Waals surface area contributed by atoms with Crippen molar-refractivity contribution in [3.8, 4) is 0 Å². The second-order valence-corrected chi connectivity index (χ2v) is 9.31. The first-order valence-electron chi connectivity index (χ1n) is 9.72. The maximum Gasteiger partial charge on any atom is 0.419 e. The Kier molecular flexibility index (Phi) is 5.16. The Morgan fingerprint density at radius 1 is 1.13 bits per heavy atom.